The van der Waals surface area contributed by atoms with Gasteiger partial charge >= 0.3 is 0 Å². The van der Waals surface area contributed by atoms with Gasteiger partial charge in [-0.25, -0.2) is 4.39 Å². The largest absolute Gasteiger partial charge is 0.497 e. The molecule has 0 bridgehead atoms. The summed E-state index contributed by atoms with van der Waals surface area (Å²) in [6.45, 7) is 0. The Morgan fingerprint density at radius 2 is 1.72 bits per heavy atom. The van der Waals surface area contributed by atoms with Crippen molar-refractivity contribution in [1.82, 2.24) is 15.0 Å². The number of carbonyl (C=O) groups is 1. The Kier molecular flexibility index (Phi) is 5.03. The van der Waals surface area contributed by atoms with Crippen molar-refractivity contribution in [2.24, 2.45) is 0 Å². The fraction of sp³-hybridized carbons (Fsp3) is 0.0455. The zero-order chi connectivity index (χ0) is 20.2. The predicted octanol–water partition coefficient (Wildman–Crippen LogP) is 4.22. The second-order valence-electron chi connectivity index (χ2n) is 6.27. The Morgan fingerprint density at radius 1 is 1.00 bits per heavy atom. The first-order valence-corrected chi connectivity index (χ1v) is 8.87. The highest BCUT2D eigenvalue weighted by Gasteiger charge is 2.07. The fourth-order valence-corrected chi connectivity index (χ4v) is 2.75. The maximum Gasteiger partial charge on any atom is 0.248 e. The number of halogens is 1. The number of methoxy groups -OCH3 is 1. The van der Waals surface area contributed by atoms with E-state index in [1.165, 1.54) is 23.0 Å². The molecule has 0 radical (unpaired) electrons. The molecule has 1 N–H and O–H groups in total. The molecule has 0 unspecified atom stereocenters. The number of fused-ring (bicyclic) bond motifs is 1. The molecule has 0 saturated carbocycles. The lowest BCUT2D eigenvalue weighted by atomic mass is 10.2. The van der Waals surface area contributed by atoms with E-state index < -0.39 is 0 Å². The molecule has 0 saturated heterocycles. The van der Waals surface area contributed by atoms with Crippen LogP contribution in [0.25, 0.3) is 22.8 Å². The third-order valence-corrected chi connectivity index (χ3v) is 4.25. The number of rotatable bonds is 5. The first-order valence-electron chi connectivity index (χ1n) is 8.87. The number of nitrogens with zero attached hydrogens (tertiary/aromatic N) is 3. The number of carbonyl (C=O) groups excluding carboxylic acids is 1. The van der Waals surface area contributed by atoms with Gasteiger partial charge in [-0.15, -0.1) is 10.2 Å². The van der Waals surface area contributed by atoms with Crippen LogP contribution >= 0.6 is 0 Å². The van der Waals surface area contributed by atoms with E-state index >= 15 is 0 Å². The van der Waals surface area contributed by atoms with Gasteiger partial charge in [-0.05, 0) is 66.2 Å². The van der Waals surface area contributed by atoms with Gasteiger partial charge in [-0.1, -0.05) is 12.1 Å². The van der Waals surface area contributed by atoms with E-state index in [-0.39, 0.29) is 11.7 Å². The normalized spacial score (nSPS) is 11.1. The molecule has 0 aliphatic rings. The topological polar surface area (TPSA) is 69.0 Å². The van der Waals surface area contributed by atoms with Gasteiger partial charge in [-0.3, -0.25) is 4.79 Å². The second kappa shape index (κ2) is 7.93. The van der Waals surface area contributed by atoms with Gasteiger partial charge in [-0.2, -0.15) is 4.80 Å². The molecule has 6 nitrogen and oxygen atoms in total. The Bertz CT molecular complexity index is 1180. The van der Waals surface area contributed by atoms with Crippen LogP contribution in [0, 0.1) is 5.82 Å². The van der Waals surface area contributed by atoms with Crippen LogP contribution in [-0.4, -0.2) is 28.0 Å². The summed E-state index contributed by atoms with van der Waals surface area (Å²) in [5.74, 6) is 0.179. The highest BCUT2D eigenvalue weighted by Crippen LogP contribution is 2.18. The van der Waals surface area contributed by atoms with Crippen LogP contribution in [0.1, 0.15) is 5.56 Å². The summed E-state index contributed by atoms with van der Waals surface area (Å²) in [4.78, 5) is 13.6. The second-order valence-corrected chi connectivity index (χ2v) is 6.27. The third kappa shape index (κ3) is 4.30. The maximum atomic E-state index is 13.1. The fourth-order valence-electron chi connectivity index (χ4n) is 2.75. The molecule has 0 aliphatic carbocycles. The predicted molar refractivity (Wildman–Crippen MR) is 109 cm³/mol. The molecule has 0 aliphatic heterocycles. The Morgan fingerprint density at radius 3 is 2.45 bits per heavy atom. The maximum absolute atomic E-state index is 13.1. The average molecular weight is 388 g/mol. The molecular formula is C22H17FN4O2. The molecule has 1 aromatic heterocycles. The van der Waals surface area contributed by atoms with Gasteiger partial charge < -0.3 is 10.1 Å². The molecule has 0 spiro atoms. The Hall–Kier alpha value is -4.00. The molecule has 144 valence electrons. The van der Waals surface area contributed by atoms with Crippen molar-refractivity contribution in [2.75, 3.05) is 12.4 Å². The summed E-state index contributed by atoms with van der Waals surface area (Å²) < 4.78 is 18.2. The van der Waals surface area contributed by atoms with E-state index in [0.29, 0.717) is 22.4 Å². The molecule has 1 heterocycles. The molecular weight excluding hydrogens is 371 g/mol. The highest BCUT2D eigenvalue weighted by molar-refractivity contribution is 6.02. The minimum atomic E-state index is -0.321. The molecule has 0 atom stereocenters. The van der Waals surface area contributed by atoms with Gasteiger partial charge in [0.05, 0.1) is 12.8 Å². The summed E-state index contributed by atoms with van der Waals surface area (Å²) in [6, 6.07) is 18.5. The lowest BCUT2D eigenvalue weighted by Crippen LogP contribution is -2.07. The number of anilines is 1. The summed E-state index contributed by atoms with van der Waals surface area (Å²) in [5, 5.41) is 11.6. The van der Waals surface area contributed by atoms with E-state index in [0.717, 1.165) is 11.3 Å². The molecule has 29 heavy (non-hydrogen) atoms. The van der Waals surface area contributed by atoms with Crippen LogP contribution in [0.15, 0.2) is 72.8 Å². The number of aromatic nitrogens is 3. The number of hydrogen-bond acceptors (Lipinski definition) is 4. The van der Waals surface area contributed by atoms with Crippen molar-refractivity contribution in [2.45, 2.75) is 0 Å². The number of benzene rings is 3. The van der Waals surface area contributed by atoms with Crippen molar-refractivity contribution in [1.29, 1.82) is 0 Å². The molecule has 1 amide bonds. The monoisotopic (exact) mass is 388 g/mol. The van der Waals surface area contributed by atoms with E-state index in [4.69, 9.17) is 4.74 Å². The van der Waals surface area contributed by atoms with Gasteiger partial charge in [0, 0.05) is 11.8 Å². The quantitative estimate of drug-likeness (QED) is 0.520. The van der Waals surface area contributed by atoms with Crippen LogP contribution in [0.3, 0.4) is 0 Å². The van der Waals surface area contributed by atoms with Crippen molar-refractivity contribution in [3.8, 4) is 11.4 Å². The molecule has 3 aromatic carbocycles. The van der Waals surface area contributed by atoms with Crippen LogP contribution in [0.2, 0.25) is 0 Å². The number of hydrogen-bond donors (Lipinski definition) is 1. The minimum absolute atomic E-state index is 0.258. The summed E-state index contributed by atoms with van der Waals surface area (Å²) >= 11 is 0. The zero-order valence-corrected chi connectivity index (χ0v) is 15.5. The van der Waals surface area contributed by atoms with E-state index in [1.54, 1.807) is 43.5 Å². The summed E-state index contributed by atoms with van der Waals surface area (Å²) in [5.41, 5.74) is 3.43. The van der Waals surface area contributed by atoms with Crippen molar-refractivity contribution < 1.29 is 13.9 Å². The highest BCUT2D eigenvalue weighted by atomic mass is 19.1. The Balaban J connectivity index is 1.48. The summed E-state index contributed by atoms with van der Waals surface area (Å²) in [6.07, 6.45) is 3.18. The van der Waals surface area contributed by atoms with E-state index in [1.807, 2.05) is 24.3 Å². The minimum Gasteiger partial charge on any atom is -0.497 e. The molecule has 4 rings (SSSR count). The van der Waals surface area contributed by atoms with Gasteiger partial charge in [0.1, 0.15) is 22.6 Å². The van der Waals surface area contributed by atoms with Gasteiger partial charge in [0.25, 0.3) is 0 Å². The SMILES string of the molecule is COc1ccc(/C=C/C(=O)Nc2ccc3nn(-c4ccc(F)cc4)nc3c2)cc1. The third-order valence-electron chi connectivity index (χ3n) is 4.25. The molecule has 4 aromatic rings. The number of ether oxygens (including phenoxy) is 1. The van der Waals surface area contributed by atoms with Gasteiger partial charge in [0.15, 0.2) is 0 Å². The number of nitrogens with one attached hydrogen (secondary N) is 1. The van der Waals surface area contributed by atoms with Gasteiger partial charge in [0.2, 0.25) is 5.91 Å². The summed E-state index contributed by atoms with van der Waals surface area (Å²) in [7, 11) is 1.60. The van der Waals surface area contributed by atoms with Crippen molar-refractivity contribution in [3.63, 3.8) is 0 Å². The van der Waals surface area contributed by atoms with Crippen LogP contribution in [-0.2, 0) is 4.79 Å². The van der Waals surface area contributed by atoms with Crippen LogP contribution in [0.4, 0.5) is 10.1 Å². The zero-order valence-electron chi connectivity index (χ0n) is 15.5. The van der Waals surface area contributed by atoms with Crippen molar-refractivity contribution in [3.05, 3.63) is 84.2 Å². The van der Waals surface area contributed by atoms with Crippen LogP contribution < -0.4 is 10.1 Å². The molecule has 7 heteroatoms. The first-order chi connectivity index (χ1) is 14.1. The van der Waals surface area contributed by atoms with Crippen molar-refractivity contribution >= 4 is 28.7 Å². The van der Waals surface area contributed by atoms with E-state index in [9.17, 15) is 9.18 Å². The van der Waals surface area contributed by atoms with Crippen LogP contribution in [0.5, 0.6) is 5.75 Å². The first kappa shape index (κ1) is 18.4. The Labute approximate surface area is 166 Å². The standard InChI is InChI=1S/C22H17FN4O2/c1-29-19-10-2-15(3-11-19)4-13-22(28)24-17-7-12-20-21(14-17)26-27(25-20)18-8-5-16(23)6-9-18/h2-14H,1H3,(H,24,28)/b13-4+. The van der Waals surface area contributed by atoms with E-state index in [2.05, 4.69) is 15.5 Å². The molecule has 0 fully saturated rings. The number of amides is 1. The smallest absolute Gasteiger partial charge is 0.248 e. The lowest BCUT2D eigenvalue weighted by Gasteiger charge is -2.01. The average Bonchev–Trinajstić information content (AvgIpc) is 3.16. The lowest BCUT2D eigenvalue weighted by molar-refractivity contribution is -0.111.